The van der Waals surface area contributed by atoms with Crippen molar-refractivity contribution in [2.24, 2.45) is 5.10 Å². The molecule has 31 heavy (non-hydrogen) atoms. The number of hydrogen-bond acceptors (Lipinski definition) is 5. The second-order valence-electron chi connectivity index (χ2n) is 8.13. The Balaban J connectivity index is 1.73. The molecule has 0 aliphatic rings. The monoisotopic (exact) mass is 425 g/mol. The molecule has 7 nitrogen and oxygen atoms in total. The van der Waals surface area contributed by atoms with Gasteiger partial charge in [0.15, 0.2) is 11.5 Å². The average molecular weight is 426 g/mol. The van der Waals surface area contributed by atoms with Crippen molar-refractivity contribution in [3.05, 3.63) is 59.2 Å². The van der Waals surface area contributed by atoms with Crippen LogP contribution in [0.1, 0.15) is 43.9 Å². The largest absolute Gasteiger partial charge is 0.493 e. The van der Waals surface area contributed by atoms with Crippen molar-refractivity contribution in [2.45, 2.75) is 39.0 Å². The van der Waals surface area contributed by atoms with Crippen LogP contribution < -0.4 is 20.2 Å². The molecule has 0 unspecified atom stereocenters. The molecule has 2 rings (SSSR count). The Morgan fingerprint density at radius 2 is 1.65 bits per heavy atom. The lowest BCUT2D eigenvalue weighted by Crippen LogP contribution is -2.31. The third-order valence-corrected chi connectivity index (χ3v) is 4.68. The molecule has 2 amide bonds. The van der Waals surface area contributed by atoms with E-state index in [0.717, 1.165) is 11.1 Å². The highest BCUT2D eigenvalue weighted by molar-refractivity contribution is 5.97. The van der Waals surface area contributed by atoms with Gasteiger partial charge in [0.25, 0.3) is 0 Å². The van der Waals surface area contributed by atoms with E-state index in [1.165, 1.54) is 5.56 Å². The third-order valence-electron chi connectivity index (χ3n) is 4.68. The molecular weight excluding hydrogens is 394 g/mol. The lowest BCUT2D eigenvalue weighted by atomic mass is 9.87. The Bertz CT molecular complexity index is 915. The van der Waals surface area contributed by atoms with E-state index in [4.69, 9.17) is 9.47 Å². The average Bonchev–Trinajstić information content (AvgIpc) is 2.73. The van der Waals surface area contributed by atoms with Gasteiger partial charge in [0.2, 0.25) is 11.8 Å². The zero-order chi connectivity index (χ0) is 22.9. The van der Waals surface area contributed by atoms with E-state index in [1.807, 2.05) is 42.5 Å². The van der Waals surface area contributed by atoms with Crippen molar-refractivity contribution in [1.29, 1.82) is 0 Å². The normalized spacial score (nSPS) is 11.3. The predicted octanol–water partition coefficient (Wildman–Crippen LogP) is 3.20. The van der Waals surface area contributed by atoms with Gasteiger partial charge in [0.05, 0.1) is 20.4 Å². The van der Waals surface area contributed by atoms with Crippen LogP contribution in [0, 0.1) is 0 Å². The topological polar surface area (TPSA) is 89.0 Å². The minimum absolute atomic E-state index is 0.0801. The SMILES string of the molecule is COc1ccc(CCNC(=O)CC(=O)N/N=C/c2ccc(C(C)(C)C)cc2)cc1OC. The summed E-state index contributed by atoms with van der Waals surface area (Å²) in [4.78, 5) is 23.9. The summed E-state index contributed by atoms with van der Waals surface area (Å²) in [6.45, 7) is 6.85. The molecule has 7 heteroatoms. The highest BCUT2D eigenvalue weighted by atomic mass is 16.5. The number of carbonyl (C=O) groups is 2. The van der Waals surface area contributed by atoms with Gasteiger partial charge < -0.3 is 14.8 Å². The standard InChI is InChI=1S/C24H31N3O4/c1-24(2,3)19-9-6-18(7-10-19)16-26-27-23(29)15-22(28)25-13-12-17-8-11-20(30-4)21(14-17)31-5/h6-11,14,16H,12-13,15H2,1-5H3,(H,25,28)(H,27,29)/b26-16+. The van der Waals surface area contributed by atoms with Gasteiger partial charge in [0, 0.05) is 6.54 Å². The van der Waals surface area contributed by atoms with Crippen LogP contribution >= 0.6 is 0 Å². The van der Waals surface area contributed by atoms with Crippen LogP contribution in [0.25, 0.3) is 0 Å². The second-order valence-corrected chi connectivity index (χ2v) is 8.13. The first-order valence-corrected chi connectivity index (χ1v) is 10.1. The molecule has 0 bridgehead atoms. The Morgan fingerprint density at radius 3 is 2.26 bits per heavy atom. The molecule has 0 atom stereocenters. The van der Waals surface area contributed by atoms with E-state index in [1.54, 1.807) is 20.4 Å². The Hall–Kier alpha value is -3.35. The molecule has 0 heterocycles. The van der Waals surface area contributed by atoms with Crippen molar-refractivity contribution in [3.63, 3.8) is 0 Å². The lowest BCUT2D eigenvalue weighted by molar-refractivity contribution is -0.129. The fourth-order valence-corrected chi connectivity index (χ4v) is 2.88. The Kier molecular flexibility index (Phi) is 8.61. The number of methoxy groups -OCH3 is 2. The summed E-state index contributed by atoms with van der Waals surface area (Å²) in [5.74, 6) is 0.461. The van der Waals surface area contributed by atoms with Crippen LogP contribution in [-0.2, 0) is 21.4 Å². The van der Waals surface area contributed by atoms with E-state index >= 15 is 0 Å². The molecule has 0 aliphatic heterocycles. The number of hydrazone groups is 1. The number of benzene rings is 2. The summed E-state index contributed by atoms with van der Waals surface area (Å²) in [7, 11) is 3.15. The van der Waals surface area contributed by atoms with Crippen molar-refractivity contribution in [2.75, 3.05) is 20.8 Å². The number of carbonyl (C=O) groups excluding carboxylic acids is 2. The molecule has 0 radical (unpaired) electrons. The zero-order valence-electron chi connectivity index (χ0n) is 18.8. The lowest BCUT2D eigenvalue weighted by Gasteiger charge is -2.18. The highest BCUT2D eigenvalue weighted by Gasteiger charge is 2.12. The third kappa shape index (κ3) is 7.77. The highest BCUT2D eigenvalue weighted by Crippen LogP contribution is 2.27. The maximum atomic E-state index is 12.0. The summed E-state index contributed by atoms with van der Waals surface area (Å²) < 4.78 is 10.5. The van der Waals surface area contributed by atoms with Crippen LogP contribution in [0.5, 0.6) is 11.5 Å². The van der Waals surface area contributed by atoms with Gasteiger partial charge in [-0.05, 0) is 40.7 Å². The van der Waals surface area contributed by atoms with Gasteiger partial charge in [-0.2, -0.15) is 5.10 Å². The van der Waals surface area contributed by atoms with Crippen LogP contribution in [0.3, 0.4) is 0 Å². The van der Waals surface area contributed by atoms with Crippen molar-refractivity contribution in [1.82, 2.24) is 10.7 Å². The number of amides is 2. The fourth-order valence-electron chi connectivity index (χ4n) is 2.88. The molecule has 2 N–H and O–H groups in total. The van der Waals surface area contributed by atoms with Gasteiger partial charge in [-0.3, -0.25) is 9.59 Å². The van der Waals surface area contributed by atoms with E-state index in [0.29, 0.717) is 24.5 Å². The van der Waals surface area contributed by atoms with Crippen molar-refractivity contribution >= 4 is 18.0 Å². The van der Waals surface area contributed by atoms with Gasteiger partial charge in [-0.15, -0.1) is 0 Å². The maximum absolute atomic E-state index is 12.0. The summed E-state index contributed by atoms with van der Waals surface area (Å²) in [6, 6.07) is 13.5. The van der Waals surface area contributed by atoms with Gasteiger partial charge >= 0.3 is 0 Å². The number of nitrogens with one attached hydrogen (secondary N) is 2. The number of ether oxygens (including phenoxy) is 2. The van der Waals surface area contributed by atoms with E-state index in [2.05, 4.69) is 36.6 Å². The van der Waals surface area contributed by atoms with Crippen LogP contribution in [-0.4, -0.2) is 38.8 Å². The molecule has 166 valence electrons. The van der Waals surface area contributed by atoms with Gasteiger partial charge in [0.1, 0.15) is 6.42 Å². The fraction of sp³-hybridized carbons (Fsp3) is 0.375. The molecule has 0 aliphatic carbocycles. The zero-order valence-corrected chi connectivity index (χ0v) is 18.8. The molecule has 0 spiro atoms. The first kappa shape index (κ1) is 23.9. The molecule has 0 saturated carbocycles. The second kappa shape index (κ2) is 11.2. The summed E-state index contributed by atoms with van der Waals surface area (Å²) in [5.41, 5.74) is 5.54. The van der Waals surface area contributed by atoms with Gasteiger partial charge in [-0.25, -0.2) is 5.43 Å². The number of rotatable bonds is 9. The first-order valence-electron chi connectivity index (χ1n) is 10.1. The minimum Gasteiger partial charge on any atom is -0.493 e. The van der Waals surface area contributed by atoms with Crippen LogP contribution in [0.4, 0.5) is 0 Å². The molecular formula is C24H31N3O4. The summed E-state index contributed by atoms with van der Waals surface area (Å²) in [6.07, 6.45) is 1.88. The Morgan fingerprint density at radius 1 is 0.968 bits per heavy atom. The molecule has 0 fully saturated rings. The number of nitrogens with zero attached hydrogens (tertiary/aromatic N) is 1. The quantitative estimate of drug-likeness (QED) is 0.367. The minimum atomic E-state index is -0.467. The van der Waals surface area contributed by atoms with Crippen LogP contribution in [0.2, 0.25) is 0 Å². The molecule has 0 aromatic heterocycles. The maximum Gasteiger partial charge on any atom is 0.249 e. The first-order chi connectivity index (χ1) is 14.7. The van der Waals surface area contributed by atoms with Crippen molar-refractivity contribution < 1.29 is 19.1 Å². The molecule has 2 aromatic carbocycles. The van der Waals surface area contributed by atoms with Crippen LogP contribution in [0.15, 0.2) is 47.6 Å². The molecule has 2 aromatic rings. The van der Waals surface area contributed by atoms with E-state index < -0.39 is 5.91 Å². The predicted molar refractivity (Wildman–Crippen MR) is 122 cm³/mol. The summed E-state index contributed by atoms with van der Waals surface area (Å²) in [5, 5.41) is 6.65. The van der Waals surface area contributed by atoms with E-state index in [-0.39, 0.29) is 17.7 Å². The van der Waals surface area contributed by atoms with E-state index in [9.17, 15) is 9.59 Å². The van der Waals surface area contributed by atoms with Gasteiger partial charge in [-0.1, -0.05) is 51.1 Å². The molecule has 0 saturated heterocycles. The summed E-state index contributed by atoms with van der Waals surface area (Å²) >= 11 is 0. The Labute approximate surface area is 183 Å². The smallest absolute Gasteiger partial charge is 0.249 e. The number of hydrogen-bond donors (Lipinski definition) is 2. The van der Waals surface area contributed by atoms with Crippen molar-refractivity contribution in [3.8, 4) is 11.5 Å².